The molecule has 2 nitrogen and oxygen atoms in total. The molecule has 12 heavy (non-hydrogen) atoms. The molecule has 0 unspecified atom stereocenters. The van der Waals surface area contributed by atoms with Gasteiger partial charge in [-0.05, 0) is 24.6 Å². The van der Waals surface area contributed by atoms with Gasteiger partial charge in [0.05, 0.1) is 0 Å². The number of carbonyl (C=O) groups is 1. The Hall–Kier alpha value is -1.31. The minimum absolute atomic E-state index is 0.631. The Morgan fingerprint density at radius 1 is 1.42 bits per heavy atom. The van der Waals surface area contributed by atoms with E-state index in [2.05, 4.69) is 11.4 Å². The Bertz CT molecular complexity index is 221. The second-order valence-corrected chi connectivity index (χ2v) is 2.52. The molecular weight excluding hydrogens is 150 g/mol. The Morgan fingerprint density at radius 3 is 2.83 bits per heavy atom. The molecule has 0 fully saturated rings. The molecule has 0 aliphatic carbocycles. The normalized spacial score (nSPS) is 9.33. The molecule has 1 rings (SSSR count). The first-order valence-electron chi connectivity index (χ1n) is 4.07. The molecule has 0 bridgehead atoms. The van der Waals surface area contributed by atoms with Crippen LogP contribution in [-0.4, -0.2) is 12.8 Å². The van der Waals surface area contributed by atoms with Crippen molar-refractivity contribution < 1.29 is 4.79 Å². The first kappa shape index (κ1) is 8.78. The van der Waals surface area contributed by atoms with Gasteiger partial charge in [-0.2, -0.15) is 0 Å². The van der Waals surface area contributed by atoms with Crippen LogP contribution in [0.3, 0.4) is 0 Å². The van der Waals surface area contributed by atoms with Gasteiger partial charge in [0.1, 0.15) is 6.29 Å². The topological polar surface area (TPSA) is 29.1 Å². The van der Waals surface area contributed by atoms with Crippen LogP contribution in [-0.2, 0) is 4.79 Å². The van der Waals surface area contributed by atoms with E-state index >= 15 is 0 Å². The average Bonchev–Trinajstić information content (AvgIpc) is 2.14. The molecule has 63 valence electrons. The Kier molecular flexibility index (Phi) is 3.92. The molecule has 1 radical (unpaired) electrons. The molecule has 0 saturated heterocycles. The number of nitrogens with one attached hydrogen (secondary N) is 1. The molecule has 1 N–H and O–H groups in total. The van der Waals surface area contributed by atoms with Crippen LogP contribution in [0.2, 0.25) is 0 Å². The van der Waals surface area contributed by atoms with E-state index in [9.17, 15) is 4.79 Å². The zero-order valence-corrected chi connectivity index (χ0v) is 6.92. The van der Waals surface area contributed by atoms with Gasteiger partial charge in [0, 0.05) is 18.7 Å². The maximum absolute atomic E-state index is 9.98. The predicted molar refractivity (Wildman–Crippen MR) is 49.1 cm³/mol. The highest BCUT2D eigenvalue weighted by Crippen LogP contribution is 2.04. The van der Waals surface area contributed by atoms with Crippen LogP contribution < -0.4 is 5.32 Å². The van der Waals surface area contributed by atoms with Gasteiger partial charge in [-0.3, -0.25) is 0 Å². The number of anilines is 1. The second-order valence-electron chi connectivity index (χ2n) is 2.52. The molecule has 0 saturated carbocycles. The number of carbonyl (C=O) groups excluding carboxylic acids is 1. The highest BCUT2D eigenvalue weighted by Gasteiger charge is 1.88. The third-order valence-corrected chi connectivity index (χ3v) is 1.55. The zero-order valence-electron chi connectivity index (χ0n) is 6.92. The van der Waals surface area contributed by atoms with Crippen molar-refractivity contribution in [2.45, 2.75) is 12.8 Å². The van der Waals surface area contributed by atoms with Crippen LogP contribution in [0.5, 0.6) is 0 Å². The smallest absolute Gasteiger partial charge is 0.120 e. The Morgan fingerprint density at radius 2 is 2.17 bits per heavy atom. The van der Waals surface area contributed by atoms with Gasteiger partial charge in [0.25, 0.3) is 0 Å². The molecule has 0 heterocycles. The molecule has 1 aromatic carbocycles. The first-order valence-corrected chi connectivity index (χ1v) is 4.07. The summed E-state index contributed by atoms with van der Waals surface area (Å²) in [6, 6.07) is 10.6. The highest BCUT2D eigenvalue weighted by atomic mass is 16.1. The number of rotatable bonds is 5. The van der Waals surface area contributed by atoms with Crippen LogP contribution in [0.25, 0.3) is 0 Å². The summed E-state index contributed by atoms with van der Waals surface area (Å²) < 4.78 is 0. The third kappa shape index (κ3) is 3.19. The fraction of sp³-hybridized carbons (Fsp3) is 0.300. The Balaban J connectivity index is 2.20. The maximum atomic E-state index is 9.98. The van der Waals surface area contributed by atoms with Crippen molar-refractivity contribution in [1.82, 2.24) is 0 Å². The summed E-state index contributed by atoms with van der Waals surface area (Å²) >= 11 is 0. The van der Waals surface area contributed by atoms with Crippen molar-refractivity contribution in [1.29, 1.82) is 0 Å². The van der Waals surface area contributed by atoms with E-state index in [-0.39, 0.29) is 0 Å². The van der Waals surface area contributed by atoms with Gasteiger partial charge in [-0.1, -0.05) is 12.1 Å². The van der Waals surface area contributed by atoms with Crippen LogP contribution in [0.15, 0.2) is 24.3 Å². The maximum Gasteiger partial charge on any atom is 0.120 e. The van der Waals surface area contributed by atoms with Gasteiger partial charge in [0.15, 0.2) is 0 Å². The summed E-state index contributed by atoms with van der Waals surface area (Å²) in [5.74, 6) is 0. The summed E-state index contributed by atoms with van der Waals surface area (Å²) in [6.07, 6.45) is 2.47. The molecule has 0 amide bonds. The quantitative estimate of drug-likeness (QED) is 0.529. The monoisotopic (exact) mass is 162 g/mol. The zero-order chi connectivity index (χ0) is 8.65. The fourth-order valence-corrected chi connectivity index (χ4v) is 0.923. The largest absolute Gasteiger partial charge is 0.385 e. The Labute approximate surface area is 72.6 Å². The molecule has 2 heteroatoms. The molecule has 0 aliphatic rings. The van der Waals surface area contributed by atoms with Gasteiger partial charge in [-0.25, -0.2) is 0 Å². The number of aldehydes is 1. The molecule has 1 aromatic rings. The summed E-state index contributed by atoms with van der Waals surface area (Å²) in [6.45, 7) is 0.850. The number of hydrogen-bond donors (Lipinski definition) is 1. The lowest BCUT2D eigenvalue weighted by Gasteiger charge is -2.02. The predicted octanol–water partition coefficient (Wildman–Crippen LogP) is 1.88. The minimum atomic E-state index is 0.631. The molecule has 0 spiro atoms. The summed E-state index contributed by atoms with van der Waals surface area (Å²) in [5.41, 5.74) is 1.08. The van der Waals surface area contributed by atoms with E-state index in [0.717, 1.165) is 24.9 Å². The van der Waals surface area contributed by atoms with Gasteiger partial charge < -0.3 is 10.1 Å². The molecule has 0 atom stereocenters. The van der Waals surface area contributed by atoms with E-state index in [1.165, 1.54) is 0 Å². The number of benzene rings is 1. The number of hydrogen-bond acceptors (Lipinski definition) is 2. The fourth-order valence-electron chi connectivity index (χ4n) is 0.923. The molecular formula is C10H12NO. The van der Waals surface area contributed by atoms with Crippen molar-refractivity contribution in [2.75, 3.05) is 11.9 Å². The van der Waals surface area contributed by atoms with Gasteiger partial charge in [-0.15, -0.1) is 0 Å². The summed E-state index contributed by atoms with van der Waals surface area (Å²) in [5, 5.41) is 3.20. The lowest BCUT2D eigenvalue weighted by molar-refractivity contribution is -0.107. The van der Waals surface area contributed by atoms with Crippen molar-refractivity contribution in [3.8, 4) is 0 Å². The number of unbranched alkanes of at least 4 members (excludes halogenated alkanes) is 1. The van der Waals surface area contributed by atoms with Crippen LogP contribution in [0.4, 0.5) is 5.69 Å². The minimum Gasteiger partial charge on any atom is -0.385 e. The molecule has 0 aliphatic heterocycles. The lowest BCUT2D eigenvalue weighted by Crippen LogP contribution is -2.00. The average molecular weight is 162 g/mol. The van der Waals surface area contributed by atoms with E-state index in [1.54, 1.807) is 0 Å². The first-order chi connectivity index (χ1) is 5.93. The lowest BCUT2D eigenvalue weighted by atomic mass is 10.3. The van der Waals surface area contributed by atoms with Crippen LogP contribution in [0, 0.1) is 6.07 Å². The second kappa shape index (κ2) is 5.35. The van der Waals surface area contributed by atoms with Crippen LogP contribution in [0.1, 0.15) is 12.8 Å². The highest BCUT2D eigenvalue weighted by molar-refractivity contribution is 5.49. The van der Waals surface area contributed by atoms with Crippen molar-refractivity contribution >= 4 is 12.0 Å². The van der Waals surface area contributed by atoms with Crippen LogP contribution >= 0.6 is 0 Å². The third-order valence-electron chi connectivity index (χ3n) is 1.55. The van der Waals surface area contributed by atoms with Crippen molar-refractivity contribution in [2.24, 2.45) is 0 Å². The van der Waals surface area contributed by atoms with Crippen molar-refractivity contribution in [3.05, 3.63) is 30.3 Å². The SMILES string of the molecule is O=CCCCNc1cc[c]cc1. The van der Waals surface area contributed by atoms with Crippen molar-refractivity contribution in [3.63, 3.8) is 0 Å². The van der Waals surface area contributed by atoms with Gasteiger partial charge >= 0.3 is 0 Å². The standard InChI is InChI=1S/C10H12NO/c12-9-5-4-8-11-10-6-2-1-3-7-10/h2-3,6-7,9,11H,4-5,8H2. The van der Waals surface area contributed by atoms with E-state index in [1.807, 2.05) is 24.3 Å². The summed E-state index contributed by atoms with van der Waals surface area (Å²) in [7, 11) is 0. The van der Waals surface area contributed by atoms with E-state index < -0.39 is 0 Å². The van der Waals surface area contributed by atoms with E-state index in [4.69, 9.17) is 0 Å². The van der Waals surface area contributed by atoms with Gasteiger partial charge in [0.2, 0.25) is 0 Å². The summed E-state index contributed by atoms with van der Waals surface area (Å²) in [4.78, 5) is 9.98. The molecule has 0 aromatic heterocycles. The van der Waals surface area contributed by atoms with E-state index in [0.29, 0.717) is 6.42 Å².